The zero-order chi connectivity index (χ0) is 16.8. The van der Waals surface area contributed by atoms with Gasteiger partial charge in [-0.05, 0) is 24.3 Å². The summed E-state index contributed by atoms with van der Waals surface area (Å²) in [5.74, 6) is -0.589. The third-order valence-corrected chi connectivity index (χ3v) is 3.03. The summed E-state index contributed by atoms with van der Waals surface area (Å²) in [6.07, 6.45) is 2.87. The molecule has 7 heteroatoms. The molecule has 0 aliphatic carbocycles. The fourth-order valence-electron chi connectivity index (χ4n) is 1.82. The minimum absolute atomic E-state index is 0.101. The molecule has 0 radical (unpaired) electrons. The number of nitrogens with one attached hydrogen (secondary N) is 2. The first kappa shape index (κ1) is 16.4. The van der Waals surface area contributed by atoms with Crippen LogP contribution in [0.3, 0.4) is 0 Å². The molecule has 0 aliphatic heterocycles. The minimum atomic E-state index is -0.486. The van der Waals surface area contributed by atoms with E-state index in [-0.39, 0.29) is 24.3 Å². The summed E-state index contributed by atoms with van der Waals surface area (Å²) < 4.78 is 1.21. The largest absolute Gasteiger partial charge is 0.347 e. The van der Waals surface area contributed by atoms with Gasteiger partial charge in [0.2, 0.25) is 11.8 Å². The summed E-state index contributed by atoms with van der Waals surface area (Å²) in [6.45, 7) is 3.47. The molecule has 2 rings (SSSR count). The first-order valence-electron chi connectivity index (χ1n) is 7.18. The van der Waals surface area contributed by atoms with Gasteiger partial charge in [-0.1, -0.05) is 19.9 Å². The average molecular weight is 314 g/mol. The van der Waals surface area contributed by atoms with Crippen molar-refractivity contribution >= 4 is 23.2 Å². The zero-order valence-corrected chi connectivity index (χ0v) is 12.9. The van der Waals surface area contributed by atoms with Gasteiger partial charge in [-0.2, -0.15) is 0 Å². The summed E-state index contributed by atoms with van der Waals surface area (Å²) >= 11 is 0. The molecule has 0 unspecified atom stereocenters. The van der Waals surface area contributed by atoms with E-state index in [9.17, 15) is 14.4 Å². The SMILES string of the molecule is CC(C)C(=O)Nc1cccc(NC(=O)Cn2cccnc2=O)c1. The van der Waals surface area contributed by atoms with Crippen molar-refractivity contribution < 1.29 is 9.59 Å². The maximum atomic E-state index is 12.0. The Kier molecular flexibility index (Phi) is 5.24. The van der Waals surface area contributed by atoms with Crippen molar-refractivity contribution in [3.63, 3.8) is 0 Å². The van der Waals surface area contributed by atoms with Crippen LogP contribution < -0.4 is 16.3 Å². The second-order valence-electron chi connectivity index (χ2n) is 5.30. The highest BCUT2D eigenvalue weighted by atomic mass is 16.2. The molecule has 7 nitrogen and oxygen atoms in total. The van der Waals surface area contributed by atoms with E-state index in [1.165, 1.54) is 17.0 Å². The Morgan fingerprint density at radius 1 is 1.17 bits per heavy atom. The van der Waals surface area contributed by atoms with Gasteiger partial charge in [0, 0.05) is 29.7 Å². The highest BCUT2D eigenvalue weighted by molar-refractivity contribution is 5.94. The van der Waals surface area contributed by atoms with Gasteiger partial charge in [-0.3, -0.25) is 14.2 Å². The fourth-order valence-corrected chi connectivity index (χ4v) is 1.82. The molecular formula is C16H18N4O3. The maximum Gasteiger partial charge on any atom is 0.347 e. The molecule has 1 aromatic heterocycles. The Morgan fingerprint density at radius 2 is 1.87 bits per heavy atom. The lowest BCUT2D eigenvalue weighted by Gasteiger charge is -2.10. The standard InChI is InChI=1S/C16H18N4O3/c1-11(2)15(22)19-13-6-3-5-12(9-13)18-14(21)10-20-8-4-7-17-16(20)23/h3-9,11H,10H2,1-2H3,(H,18,21)(H,19,22). The highest BCUT2D eigenvalue weighted by Gasteiger charge is 2.09. The zero-order valence-electron chi connectivity index (χ0n) is 12.9. The minimum Gasteiger partial charge on any atom is -0.326 e. The van der Waals surface area contributed by atoms with Gasteiger partial charge in [0.05, 0.1) is 0 Å². The van der Waals surface area contributed by atoms with Crippen LogP contribution in [-0.4, -0.2) is 21.4 Å². The molecule has 2 N–H and O–H groups in total. The predicted octanol–water partition coefficient (Wildman–Crippen LogP) is 1.48. The van der Waals surface area contributed by atoms with Crippen molar-refractivity contribution in [1.82, 2.24) is 9.55 Å². The van der Waals surface area contributed by atoms with Crippen molar-refractivity contribution in [1.29, 1.82) is 0 Å². The number of carbonyl (C=O) groups is 2. The Hall–Kier alpha value is -2.96. The van der Waals surface area contributed by atoms with E-state index in [4.69, 9.17) is 0 Å². The second-order valence-corrected chi connectivity index (χ2v) is 5.30. The number of benzene rings is 1. The Bertz CT molecular complexity index is 768. The molecule has 1 heterocycles. The summed E-state index contributed by atoms with van der Waals surface area (Å²) in [6, 6.07) is 8.40. The van der Waals surface area contributed by atoms with E-state index in [0.29, 0.717) is 11.4 Å². The Morgan fingerprint density at radius 3 is 2.52 bits per heavy atom. The van der Waals surface area contributed by atoms with Crippen molar-refractivity contribution in [3.8, 4) is 0 Å². The number of nitrogens with zero attached hydrogens (tertiary/aromatic N) is 2. The van der Waals surface area contributed by atoms with Gasteiger partial charge in [0.15, 0.2) is 0 Å². The number of anilines is 2. The average Bonchev–Trinajstić information content (AvgIpc) is 2.49. The maximum absolute atomic E-state index is 12.0. The summed E-state index contributed by atoms with van der Waals surface area (Å²) in [5.41, 5.74) is 0.647. The predicted molar refractivity (Wildman–Crippen MR) is 87.0 cm³/mol. The number of hydrogen-bond acceptors (Lipinski definition) is 4. The van der Waals surface area contributed by atoms with Crippen LogP contribution in [0.15, 0.2) is 47.5 Å². The van der Waals surface area contributed by atoms with Gasteiger partial charge in [-0.25, -0.2) is 9.78 Å². The lowest BCUT2D eigenvalue weighted by molar-refractivity contribution is -0.119. The van der Waals surface area contributed by atoms with Crippen LogP contribution in [0.4, 0.5) is 11.4 Å². The third kappa shape index (κ3) is 4.77. The molecule has 0 saturated carbocycles. The van der Waals surface area contributed by atoms with Gasteiger partial charge < -0.3 is 10.6 Å². The summed E-state index contributed by atoms with van der Waals surface area (Å²) in [7, 11) is 0. The molecule has 0 bridgehead atoms. The van der Waals surface area contributed by atoms with Gasteiger partial charge >= 0.3 is 5.69 Å². The molecule has 0 saturated heterocycles. The van der Waals surface area contributed by atoms with Crippen LogP contribution in [0.25, 0.3) is 0 Å². The monoisotopic (exact) mass is 314 g/mol. The van der Waals surface area contributed by atoms with Crippen LogP contribution in [0.1, 0.15) is 13.8 Å². The topological polar surface area (TPSA) is 93.1 Å². The normalized spacial score (nSPS) is 10.4. The van der Waals surface area contributed by atoms with Crippen molar-refractivity contribution in [3.05, 3.63) is 53.2 Å². The van der Waals surface area contributed by atoms with Gasteiger partial charge in [0.25, 0.3) is 0 Å². The van der Waals surface area contributed by atoms with Crippen LogP contribution in [0, 0.1) is 5.92 Å². The van der Waals surface area contributed by atoms with Crippen LogP contribution >= 0.6 is 0 Å². The van der Waals surface area contributed by atoms with E-state index in [0.717, 1.165) is 0 Å². The van der Waals surface area contributed by atoms with Gasteiger partial charge in [-0.15, -0.1) is 0 Å². The van der Waals surface area contributed by atoms with E-state index in [1.54, 1.807) is 44.2 Å². The second kappa shape index (κ2) is 7.35. The molecule has 120 valence electrons. The van der Waals surface area contributed by atoms with Crippen molar-refractivity contribution in [2.75, 3.05) is 10.6 Å². The first-order valence-corrected chi connectivity index (χ1v) is 7.18. The van der Waals surface area contributed by atoms with Crippen LogP contribution in [0.2, 0.25) is 0 Å². The molecule has 2 aromatic rings. The molecule has 23 heavy (non-hydrogen) atoms. The number of hydrogen-bond donors (Lipinski definition) is 2. The van der Waals surface area contributed by atoms with Crippen molar-refractivity contribution in [2.24, 2.45) is 5.92 Å². The first-order chi connectivity index (χ1) is 11.0. The molecule has 1 aromatic carbocycles. The quantitative estimate of drug-likeness (QED) is 0.874. The number of amides is 2. The third-order valence-electron chi connectivity index (χ3n) is 3.03. The highest BCUT2D eigenvalue weighted by Crippen LogP contribution is 2.16. The number of rotatable bonds is 5. The lowest BCUT2D eigenvalue weighted by atomic mass is 10.2. The Labute approximate surface area is 133 Å². The smallest absolute Gasteiger partial charge is 0.326 e. The molecule has 0 spiro atoms. The Balaban J connectivity index is 2.03. The van der Waals surface area contributed by atoms with E-state index >= 15 is 0 Å². The molecule has 0 fully saturated rings. The molecular weight excluding hydrogens is 296 g/mol. The van der Waals surface area contributed by atoms with E-state index in [2.05, 4.69) is 15.6 Å². The summed E-state index contributed by atoms with van der Waals surface area (Å²) in [5, 5.41) is 5.44. The number of carbonyl (C=O) groups excluding carboxylic acids is 2. The number of aromatic nitrogens is 2. The lowest BCUT2D eigenvalue weighted by Crippen LogP contribution is -2.28. The molecule has 0 aliphatic rings. The van der Waals surface area contributed by atoms with Crippen LogP contribution in [0.5, 0.6) is 0 Å². The van der Waals surface area contributed by atoms with Gasteiger partial charge in [0.1, 0.15) is 6.54 Å². The van der Waals surface area contributed by atoms with E-state index < -0.39 is 5.69 Å². The van der Waals surface area contributed by atoms with E-state index in [1.807, 2.05) is 0 Å². The van der Waals surface area contributed by atoms with Crippen LogP contribution in [-0.2, 0) is 16.1 Å². The molecule has 2 amide bonds. The summed E-state index contributed by atoms with van der Waals surface area (Å²) in [4.78, 5) is 38.7. The van der Waals surface area contributed by atoms with Crippen molar-refractivity contribution in [2.45, 2.75) is 20.4 Å². The molecule has 0 atom stereocenters. The fraction of sp³-hybridized carbons (Fsp3) is 0.250.